The second-order valence-corrected chi connectivity index (χ2v) is 21.4. The third-order valence-corrected chi connectivity index (χ3v) is 14.6. The molecular weight excluding hydrogens is 712 g/mol. The fourth-order valence-corrected chi connectivity index (χ4v) is 9.81. The van der Waals surface area contributed by atoms with Gasteiger partial charge in [-0.3, -0.25) is 0 Å². The highest BCUT2D eigenvalue weighted by Gasteiger charge is 2.43. The van der Waals surface area contributed by atoms with Crippen molar-refractivity contribution in [2.45, 2.75) is 116 Å². The van der Waals surface area contributed by atoms with Gasteiger partial charge in [-0.05, 0) is 54.2 Å². The average Bonchev–Trinajstić information content (AvgIpc) is 3.20. The van der Waals surface area contributed by atoms with Gasteiger partial charge in [0.25, 0.3) is 8.38 Å². The van der Waals surface area contributed by atoms with Gasteiger partial charge in [0.2, 0.25) is 0 Å². The number of benzene rings is 6. The smallest absolute Gasteiger partial charge is 0.296 e. The molecule has 0 aliphatic carbocycles. The maximum absolute atomic E-state index is 7.52. The molecule has 294 valence electrons. The minimum Gasteiger partial charge on any atom is -0.438 e. The molecule has 0 fully saturated rings. The van der Waals surface area contributed by atoms with E-state index in [0.29, 0.717) is 0 Å². The van der Waals surface area contributed by atoms with Crippen molar-refractivity contribution in [2.24, 2.45) is 0 Å². The van der Waals surface area contributed by atoms with E-state index in [4.69, 9.17) is 9.05 Å². The highest BCUT2D eigenvalue weighted by atomic mass is 31.2. The molecule has 57 heavy (non-hydrogen) atoms. The van der Waals surface area contributed by atoms with Crippen LogP contribution in [0.15, 0.2) is 146 Å². The summed E-state index contributed by atoms with van der Waals surface area (Å²) in [6.45, 7) is 28.0. The summed E-state index contributed by atoms with van der Waals surface area (Å²) in [5.74, 6) is 1.85. The molecule has 0 N–H and O–H groups in total. The van der Waals surface area contributed by atoms with Crippen molar-refractivity contribution in [3.63, 3.8) is 0 Å². The van der Waals surface area contributed by atoms with Gasteiger partial charge in [0.1, 0.15) is 11.5 Å². The van der Waals surface area contributed by atoms with E-state index in [9.17, 15) is 0 Å². The van der Waals surface area contributed by atoms with E-state index >= 15 is 0 Å². The first kappa shape index (κ1) is 40.5. The Morgan fingerprint density at radius 1 is 0.368 bits per heavy atom. The summed E-state index contributed by atoms with van der Waals surface area (Å²) in [6.07, 6.45) is 0. The third kappa shape index (κ3) is 7.47. The van der Waals surface area contributed by atoms with E-state index in [2.05, 4.69) is 229 Å². The zero-order valence-electron chi connectivity index (χ0n) is 36.2. The van der Waals surface area contributed by atoms with Crippen LogP contribution in [-0.4, -0.2) is 5.16 Å². The van der Waals surface area contributed by atoms with Crippen LogP contribution >= 0.6 is 8.38 Å². The molecule has 0 aromatic heterocycles. The third-order valence-electron chi connectivity index (χ3n) is 12.8. The molecule has 1 aliphatic heterocycles. The lowest BCUT2D eigenvalue weighted by atomic mass is 9.69. The molecule has 0 saturated carbocycles. The molecule has 2 nitrogen and oxygen atoms in total. The lowest BCUT2D eigenvalue weighted by Crippen LogP contribution is -2.29. The monoisotopic (exact) mass is 772 g/mol. The Balaban J connectivity index is 1.59. The Morgan fingerprint density at radius 2 is 0.649 bits per heavy atom. The molecule has 0 atom stereocenters. The van der Waals surface area contributed by atoms with Crippen LogP contribution in [0.4, 0.5) is 0 Å². The molecule has 3 heteroatoms. The van der Waals surface area contributed by atoms with Crippen LogP contribution in [0.2, 0.25) is 0 Å². The van der Waals surface area contributed by atoms with Gasteiger partial charge in [0.05, 0.1) is 5.16 Å². The van der Waals surface area contributed by atoms with Crippen molar-refractivity contribution in [1.29, 1.82) is 0 Å². The highest BCUT2D eigenvalue weighted by Crippen LogP contribution is 2.61. The minimum absolute atomic E-state index is 0.0548. The van der Waals surface area contributed by atoms with E-state index in [1.807, 2.05) is 0 Å². The summed E-state index contributed by atoms with van der Waals surface area (Å²) in [5.41, 5.74) is 11.1. The first-order valence-corrected chi connectivity index (χ1v) is 21.8. The van der Waals surface area contributed by atoms with Crippen molar-refractivity contribution >= 4 is 8.38 Å². The van der Waals surface area contributed by atoms with Gasteiger partial charge < -0.3 is 9.05 Å². The second-order valence-electron chi connectivity index (χ2n) is 19.2. The normalized spacial score (nSPS) is 16.4. The summed E-state index contributed by atoms with van der Waals surface area (Å²) >= 11 is 0. The van der Waals surface area contributed by atoms with Crippen LogP contribution < -0.4 is 9.05 Å². The van der Waals surface area contributed by atoms with Crippen LogP contribution in [-0.2, 0) is 21.7 Å². The standard InChI is InChI=1S/C54H61O2P/c1-37-44-33-42(51(5,6)38-25-17-13-18-26-38)35-46(53(9,10)40-29-21-15-22-30-40)48(44)55-57(50(2,3)4)56-49-45(37)34-43(52(7,8)39-27-19-14-20-28-39)36-47(49)54(11,12)41-31-23-16-24-32-41/h13-37H,1-12H3. The van der Waals surface area contributed by atoms with E-state index in [0.717, 1.165) is 11.5 Å². The van der Waals surface area contributed by atoms with E-state index < -0.39 is 8.38 Å². The van der Waals surface area contributed by atoms with Crippen molar-refractivity contribution < 1.29 is 9.05 Å². The quantitative estimate of drug-likeness (QED) is 0.143. The van der Waals surface area contributed by atoms with Crippen LogP contribution in [0, 0.1) is 0 Å². The van der Waals surface area contributed by atoms with Gasteiger partial charge in [0.15, 0.2) is 0 Å². The van der Waals surface area contributed by atoms with E-state index in [-0.39, 0.29) is 32.7 Å². The fourth-order valence-electron chi connectivity index (χ4n) is 8.49. The summed E-state index contributed by atoms with van der Waals surface area (Å²) in [6, 6.07) is 53.5. The Kier molecular flexibility index (Phi) is 10.6. The minimum atomic E-state index is -1.48. The van der Waals surface area contributed by atoms with Crippen molar-refractivity contribution in [3.8, 4) is 11.5 Å². The second kappa shape index (κ2) is 14.9. The summed E-state index contributed by atoms with van der Waals surface area (Å²) in [4.78, 5) is 0. The van der Waals surface area contributed by atoms with Gasteiger partial charge in [-0.1, -0.05) is 208 Å². The molecule has 1 aliphatic rings. The summed E-state index contributed by atoms with van der Waals surface area (Å²) in [7, 11) is -1.48. The molecule has 0 radical (unpaired) electrons. The molecule has 0 spiro atoms. The lowest BCUT2D eigenvalue weighted by Gasteiger charge is -2.41. The van der Waals surface area contributed by atoms with Crippen LogP contribution in [0.3, 0.4) is 0 Å². The number of hydrogen-bond acceptors (Lipinski definition) is 2. The molecular formula is C54H61O2P. The van der Waals surface area contributed by atoms with Gasteiger partial charge in [-0.25, -0.2) is 0 Å². The maximum Gasteiger partial charge on any atom is 0.296 e. The van der Waals surface area contributed by atoms with E-state index in [1.54, 1.807) is 0 Å². The first-order chi connectivity index (χ1) is 26.8. The molecule has 0 bridgehead atoms. The predicted octanol–water partition coefficient (Wildman–Crippen LogP) is 15.0. The molecule has 0 saturated heterocycles. The Hall–Kier alpha value is -4.65. The van der Waals surface area contributed by atoms with Gasteiger partial charge in [-0.2, -0.15) is 0 Å². The Bertz CT molecular complexity index is 2170. The Labute approximate surface area is 344 Å². The van der Waals surface area contributed by atoms with Crippen molar-refractivity contribution in [2.75, 3.05) is 0 Å². The number of rotatable bonds is 8. The Morgan fingerprint density at radius 3 is 0.930 bits per heavy atom. The average molecular weight is 773 g/mol. The zero-order chi connectivity index (χ0) is 41.0. The molecule has 0 amide bonds. The van der Waals surface area contributed by atoms with Gasteiger partial charge in [0, 0.05) is 49.8 Å². The van der Waals surface area contributed by atoms with E-state index in [1.165, 1.54) is 55.6 Å². The zero-order valence-corrected chi connectivity index (χ0v) is 37.1. The van der Waals surface area contributed by atoms with Crippen molar-refractivity contribution in [3.05, 3.63) is 201 Å². The lowest BCUT2D eigenvalue weighted by molar-refractivity contribution is 0.422. The predicted molar refractivity (Wildman–Crippen MR) is 243 cm³/mol. The SMILES string of the molecule is CC1c2cc(C(C)(C)c3ccccc3)cc(C(C)(C)c3ccccc3)c2OP(C(C)(C)C)Oc2c1cc(C(C)(C)c1ccccc1)cc2C(C)(C)c1ccccc1. The molecule has 7 rings (SSSR count). The van der Waals surface area contributed by atoms with Gasteiger partial charge in [-0.15, -0.1) is 0 Å². The molecule has 6 aromatic rings. The summed E-state index contributed by atoms with van der Waals surface area (Å²) in [5, 5.41) is -0.295. The van der Waals surface area contributed by atoms with Gasteiger partial charge >= 0.3 is 0 Å². The summed E-state index contributed by atoms with van der Waals surface area (Å²) < 4.78 is 15.0. The highest BCUT2D eigenvalue weighted by molar-refractivity contribution is 7.49. The van der Waals surface area contributed by atoms with Crippen LogP contribution in [0.1, 0.15) is 145 Å². The van der Waals surface area contributed by atoms with Crippen LogP contribution in [0.25, 0.3) is 0 Å². The largest absolute Gasteiger partial charge is 0.438 e. The topological polar surface area (TPSA) is 18.5 Å². The van der Waals surface area contributed by atoms with Crippen molar-refractivity contribution in [1.82, 2.24) is 0 Å². The first-order valence-electron chi connectivity index (χ1n) is 20.6. The molecule has 1 heterocycles. The number of hydrogen-bond donors (Lipinski definition) is 0. The maximum atomic E-state index is 7.52. The molecule has 0 unspecified atom stereocenters. The number of fused-ring (bicyclic) bond motifs is 2. The van der Waals surface area contributed by atoms with Crippen LogP contribution in [0.5, 0.6) is 11.5 Å². The fraction of sp³-hybridized carbons (Fsp3) is 0.333. The molecule has 6 aromatic carbocycles.